The molecular formula is C21H22ClN3O2S. The Labute approximate surface area is 173 Å². The van der Waals surface area contributed by atoms with Crippen LogP contribution in [-0.2, 0) is 11.3 Å². The molecule has 2 aromatic carbocycles. The number of nitrogens with one attached hydrogen (secondary N) is 2. The van der Waals surface area contributed by atoms with Crippen molar-refractivity contribution in [3.8, 4) is 11.3 Å². The first kappa shape index (κ1) is 20.3. The fraction of sp³-hybridized carbons (Fsp3) is 0.238. The number of nitrogens with zero attached hydrogens (tertiary/aromatic N) is 1. The monoisotopic (exact) mass is 415 g/mol. The van der Waals surface area contributed by atoms with E-state index in [1.807, 2.05) is 23.6 Å². The van der Waals surface area contributed by atoms with Crippen LogP contribution in [0.15, 0.2) is 47.8 Å². The number of aliphatic hydroxyl groups excluding tert-OH is 1. The molecule has 1 atom stereocenters. The summed E-state index contributed by atoms with van der Waals surface area (Å²) in [5.74, 6) is -0.300. The zero-order chi connectivity index (χ0) is 20.1. The van der Waals surface area contributed by atoms with Crippen molar-refractivity contribution in [2.24, 2.45) is 0 Å². The van der Waals surface area contributed by atoms with Gasteiger partial charge in [0, 0.05) is 22.5 Å². The Kier molecular flexibility index (Phi) is 6.67. The fourth-order valence-corrected chi connectivity index (χ4v) is 3.84. The molecule has 0 saturated carbocycles. The summed E-state index contributed by atoms with van der Waals surface area (Å²) in [6.45, 7) is 4.11. The number of hydrogen-bond acceptors (Lipinski definition) is 5. The molecule has 0 fully saturated rings. The topological polar surface area (TPSA) is 74.2 Å². The first-order chi connectivity index (χ1) is 13.5. The minimum atomic E-state index is -0.780. The third-order valence-corrected chi connectivity index (χ3v) is 5.32. The zero-order valence-corrected chi connectivity index (χ0v) is 17.3. The summed E-state index contributed by atoms with van der Waals surface area (Å²) in [5, 5.41) is 18.6. The number of aromatic nitrogens is 1. The lowest BCUT2D eigenvalue weighted by Crippen LogP contribution is -2.41. The van der Waals surface area contributed by atoms with Crippen LogP contribution >= 0.6 is 22.9 Å². The highest BCUT2D eigenvalue weighted by atomic mass is 35.5. The number of halogens is 1. The van der Waals surface area contributed by atoms with Crippen LogP contribution in [0.4, 0.5) is 5.13 Å². The van der Waals surface area contributed by atoms with Crippen molar-refractivity contribution in [2.45, 2.75) is 26.4 Å². The van der Waals surface area contributed by atoms with E-state index in [4.69, 9.17) is 11.6 Å². The van der Waals surface area contributed by atoms with Crippen molar-refractivity contribution in [3.05, 3.63) is 69.6 Å². The molecule has 0 spiro atoms. The molecule has 0 aliphatic rings. The third-order valence-electron chi connectivity index (χ3n) is 4.31. The van der Waals surface area contributed by atoms with Gasteiger partial charge in [-0.3, -0.25) is 4.79 Å². The number of aliphatic hydroxyl groups is 1. The average molecular weight is 416 g/mol. The predicted molar refractivity (Wildman–Crippen MR) is 115 cm³/mol. The van der Waals surface area contributed by atoms with Crippen LogP contribution in [0.2, 0.25) is 5.02 Å². The van der Waals surface area contributed by atoms with Crippen LogP contribution in [0.1, 0.15) is 16.7 Å². The molecule has 0 aliphatic heterocycles. The van der Waals surface area contributed by atoms with Crippen molar-refractivity contribution in [1.29, 1.82) is 0 Å². The smallest absolute Gasteiger partial charge is 0.245 e. The Bertz CT molecular complexity index is 974. The van der Waals surface area contributed by atoms with E-state index in [9.17, 15) is 9.90 Å². The standard InChI is InChI=1S/C21H22ClN3O2S/c1-13-6-7-17(14(2)8-13)19-12-28-21(25-19)24-18(11-26)20(27)23-10-15-4-3-5-16(22)9-15/h3-9,12,18,26H,10-11H2,1-2H3,(H,23,27)(H,24,25)/t18-/m0/s1. The van der Waals surface area contributed by atoms with Crippen molar-refractivity contribution >= 4 is 34.0 Å². The van der Waals surface area contributed by atoms with Crippen LogP contribution in [0.25, 0.3) is 11.3 Å². The number of carbonyl (C=O) groups excluding carboxylic acids is 1. The van der Waals surface area contributed by atoms with E-state index < -0.39 is 6.04 Å². The van der Waals surface area contributed by atoms with Crippen molar-refractivity contribution in [1.82, 2.24) is 10.3 Å². The number of anilines is 1. The molecule has 0 radical (unpaired) electrons. The lowest BCUT2D eigenvalue weighted by molar-refractivity contribution is -0.122. The molecule has 5 nitrogen and oxygen atoms in total. The van der Waals surface area contributed by atoms with Gasteiger partial charge in [-0.15, -0.1) is 11.3 Å². The molecule has 0 bridgehead atoms. The highest BCUT2D eigenvalue weighted by Crippen LogP contribution is 2.28. The second-order valence-corrected chi connectivity index (χ2v) is 7.88. The number of hydrogen-bond donors (Lipinski definition) is 3. The van der Waals surface area contributed by atoms with Gasteiger partial charge in [0.2, 0.25) is 5.91 Å². The number of aryl methyl sites for hydroxylation is 2. The minimum Gasteiger partial charge on any atom is -0.394 e. The Balaban J connectivity index is 1.64. The zero-order valence-electron chi connectivity index (χ0n) is 15.7. The van der Waals surface area contributed by atoms with Crippen LogP contribution in [0.5, 0.6) is 0 Å². The second-order valence-electron chi connectivity index (χ2n) is 6.58. The summed E-state index contributed by atoms with van der Waals surface area (Å²) < 4.78 is 0. The third kappa shape index (κ3) is 5.10. The average Bonchev–Trinajstić information content (AvgIpc) is 3.12. The van der Waals surface area contributed by atoms with Crippen molar-refractivity contribution < 1.29 is 9.90 Å². The fourth-order valence-electron chi connectivity index (χ4n) is 2.87. The Morgan fingerprint density at radius 3 is 2.79 bits per heavy atom. The molecule has 3 rings (SSSR count). The van der Waals surface area contributed by atoms with Gasteiger partial charge in [0.1, 0.15) is 6.04 Å². The number of rotatable bonds is 7. The summed E-state index contributed by atoms with van der Waals surface area (Å²) in [7, 11) is 0. The molecular weight excluding hydrogens is 394 g/mol. The van der Waals surface area contributed by atoms with Gasteiger partial charge in [-0.1, -0.05) is 47.5 Å². The molecule has 3 N–H and O–H groups in total. The second kappa shape index (κ2) is 9.19. The number of amides is 1. The number of thiazole rings is 1. The van der Waals surface area contributed by atoms with Gasteiger partial charge < -0.3 is 15.7 Å². The molecule has 3 aromatic rings. The van der Waals surface area contributed by atoms with Gasteiger partial charge in [0.15, 0.2) is 5.13 Å². The van der Waals surface area contributed by atoms with E-state index in [1.165, 1.54) is 16.9 Å². The molecule has 28 heavy (non-hydrogen) atoms. The Morgan fingerprint density at radius 2 is 2.07 bits per heavy atom. The summed E-state index contributed by atoms with van der Waals surface area (Å²) in [4.78, 5) is 17.0. The van der Waals surface area contributed by atoms with Crippen molar-refractivity contribution in [2.75, 3.05) is 11.9 Å². The first-order valence-corrected chi connectivity index (χ1v) is 10.1. The van der Waals surface area contributed by atoms with Gasteiger partial charge in [-0.05, 0) is 37.1 Å². The summed E-state index contributed by atoms with van der Waals surface area (Å²) in [5.41, 5.74) is 5.15. The maximum absolute atomic E-state index is 12.4. The largest absolute Gasteiger partial charge is 0.394 e. The molecule has 0 saturated heterocycles. The maximum atomic E-state index is 12.4. The van der Waals surface area contributed by atoms with Crippen molar-refractivity contribution in [3.63, 3.8) is 0 Å². The van der Waals surface area contributed by atoms with Crippen LogP contribution < -0.4 is 10.6 Å². The SMILES string of the molecule is Cc1ccc(-c2csc(N[C@@H](CO)C(=O)NCc3cccc(Cl)c3)n2)c(C)c1. The Morgan fingerprint density at radius 1 is 1.25 bits per heavy atom. The van der Waals surface area contributed by atoms with Gasteiger partial charge >= 0.3 is 0 Å². The molecule has 1 heterocycles. The van der Waals surface area contributed by atoms with Crippen LogP contribution in [0, 0.1) is 13.8 Å². The summed E-state index contributed by atoms with van der Waals surface area (Å²) in [6.07, 6.45) is 0. The van der Waals surface area contributed by atoms with Gasteiger partial charge in [0.05, 0.1) is 12.3 Å². The van der Waals surface area contributed by atoms with Crippen LogP contribution in [0.3, 0.4) is 0 Å². The molecule has 0 unspecified atom stereocenters. The molecule has 1 aromatic heterocycles. The lowest BCUT2D eigenvalue weighted by atomic mass is 10.0. The van der Waals surface area contributed by atoms with Gasteiger partial charge in [-0.2, -0.15) is 0 Å². The van der Waals surface area contributed by atoms with E-state index in [0.29, 0.717) is 16.7 Å². The highest BCUT2D eigenvalue weighted by molar-refractivity contribution is 7.14. The Hall–Kier alpha value is -2.41. The number of benzene rings is 2. The molecule has 146 valence electrons. The quantitative estimate of drug-likeness (QED) is 0.541. The highest BCUT2D eigenvalue weighted by Gasteiger charge is 2.19. The van der Waals surface area contributed by atoms with Crippen LogP contribution in [-0.4, -0.2) is 28.6 Å². The minimum absolute atomic E-state index is 0.300. The summed E-state index contributed by atoms with van der Waals surface area (Å²) >= 11 is 7.36. The normalized spacial score (nSPS) is 11.9. The molecule has 1 amide bonds. The maximum Gasteiger partial charge on any atom is 0.245 e. The van der Waals surface area contributed by atoms with E-state index in [2.05, 4.69) is 41.6 Å². The predicted octanol–water partition coefficient (Wildman–Crippen LogP) is 4.17. The summed E-state index contributed by atoms with van der Waals surface area (Å²) in [6, 6.07) is 12.7. The van der Waals surface area contributed by atoms with E-state index in [0.717, 1.165) is 22.4 Å². The van der Waals surface area contributed by atoms with Gasteiger partial charge in [-0.25, -0.2) is 4.98 Å². The van der Waals surface area contributed by atoms with E-state index >= 15 is 0 Å². The van der Waals surface area contributed by atoms with E-state index in [1.54, 1.807) is 12.1 Å². The molecule has 0 aliphatic carbocycles. The van der Waals surface area contributed by atoms with Gasteiger partial charge in [0.25, 0.3) is 0 Å². The van der Waals surface area contributed by atoms with E-state index in [-0.39, 0.29) is 12.5 Å². The molecule has 7 heteroatoms. The lowest BCUT2D eigenvalue weighted by Gasteiger charge is -2.15. The number of carbonyl (C=O) groups is 1. The first-order valence-electron chi connectivity index (χ1n) is 8.89.